The number of benzene rings is 1. The summed E-state index contributed by atoms with van der Waals surface area (Å²) in [6, 6.07) is 10.8. The highest BCUT2D eigenvalue weighted by Crippen LogP contribution is 2.20. The van der Waals surface area contributed by atoms with Gasteiger partial charge in [0.1, 0.15) is 5.76 Å². The van der Waals surface area contributed by atoms with E-state index in [1.807, 2.05) is 12.1 Å². The Labute approximate surface area is 120 Å². The predicted molar refractivity (Wildman–Crippen MR) is 78.3 cm³/mol. The fourth-order valence-electron chi connectivity index (χ4n) is 1.80. The van der Waals surface area contributed by atoms with Gasteiger partial charge in [-0.05, 0) is 42.5 Å². The van der Waals surface area contributed by atoms with Crippen LogP contribution in [0.25, 0.3) is 17.4 Å². The van der Waals surface area contributed by atoms with Crippen molar-refractivity contribution in [1.29, 1.82) is 0 Å². The molecule has 1 N–H and O–H groups in total. The lowest BCUT2D eigenvalue weighted by atomic mass is 10.1. The maximum atomic E-state index is 11.8. The molecule has 1 aromatic carbocycles. The molecule has 104 valence electrons. The lowest BCUT2D eigenvalue weighted by molar-refractivity contribution is -0.111. The van der Waals surface area contributed by atoms with Crippen LogP contribution >= 0.6 is 0 Å². The van der Waals surface area contributed by atoms with E-state index >= 15 is 0 Å². The fraction of sp³-hybridized carbons (Fsp3) is 0. The molecule has 3 rings (SSSR count). The van der Waals surface area contributed by atoms with Crippen LogP contribution in [0.4, 0.5) is 5.69 Å². The van der Waals surface area contributed by atoms with Gasteiger partial charge < -0.3 is 14.2 Å². The third kappa shape index (κ3) is 3.27. The molecule has 0 aliphatic heterocycles. The second-order valence-electron chi connectivity index (χ2n) is 4.28. The van der Waals surface area contributed by atoms with Gasteiger partial charge in [-0.1, -0.05) is 0 Å². The van der Waals surface area contributed by atoms with Crippen molar-refractivity contribution in [2.45, 2.75) is 0 Å². The van der Waals surface area contributed by atoms with Gasteiger partial charge in [-0.25, -0.2) is 4.98 Å². The van der Waals surface area contributed by atoms with E-state index in [4.69, 9.17) is 8.83 Å². The predicted octanol–water partition coefficient (Wildman–Crippen LogP) is 3.59. The highest BCUT2D eigenvalue weighted by atomic mass is 16.3. The van der Waals surface area contributed by atoms with Crippen LogP contribution < -0.4 is 5.32 Å². The summed E-state index contributed by atoms with van der Waals surface area (Å²) >= 11 is 0. The topological polar surface area (TPSA) is 68.3 Å². The van der Waals surface area contributed by atoms with Crippen LogP contribution in [0.5, 0.6) is 0 Å². The number of carbonyl (C=O) groups is 1. The summed E-state index contributed by atoms with van der Waals surface area (Å²) < 4.78 is 10.3. The molecule has 0 aliphatic rings. The van der Waals surface area contributed by atoms with Gasteiger partial charge in [0.2, 0.25) is 5.91 Å². The van der Waals surface area contributed by atoms with Crippen molar-refractivity contribution in [2.75, 3.05) is 5.32 Å². The number of hydrogen-bond donors (Lipinski definition) is 1. The van der Waals surface area contributed by atoms with E-state index in [0.29, 0.717) is 17.2 Å². The maximum absolute atomic E-state index is 11.8. The molecule has 0 atom stereocenters. The zero-order valence-corrected chi connectivity index (χ0v) is 11.0. The first-order valence-corrected chi connectivity index (χ1v) is 6.33. The van der Waals surface area contributed by atoms with Gasteiger partial charge in [-0.3, -0.25) is 4.79 Å². The lowest BCUT2D eigenvalue weighted by Gasteiger charge is -2.02. The molecule has 0 saturated heterocycles. The van der Waals surface area contributed by atoms with Crippen LogP contribution in [-0.4, -0.2) is 10.9 Å². The number of carbonyl (C=O) groups excluding carboxylic acids is 1. The second-order valence-corrected chi connectivity index (χ2v) is 4.28. The van der Waals surface area contributed by atoms with E-state index in [-0.39, 0.29) is 5.91 Å². The van der Waals surface area contributed by atoms with Crippen molar-refractivity contribution in [3.63, 3.8) is 0 Å². The number of nitrogens with one attached hydrogen (secondary N) is 1. The Kier molecular flexibility index (Phi) is 3.64. The normalized spacial score (nSPS) is 10.9. The summed E-state index contributed by atoms with van der Waals surface area (Å²) in [6.45, 7) is 0. The Bertz CT molecular complexity index is 726. The van der Waals surface area contributed by atoms with Gasteiger partial charge >= 0.3 is 0 Å². The number of hydrogen-bond acceptors (Lipinski definition) is 4. The molecule has 0 saturated carbocycles. The average Bonchev–Trinajstić information content (AvgIpc) is 3.19. The summed E-state index contributed by atoms with van der Waals surface area (Å²) in [6.07, 6.45) is 7.60. The van der Waals surface area contributed by atoms with Crippen LogP contribution in [0.1, 0.15) is 5.76 Å². The summed E-state index contributed by atoms with van der Waals surface area (Å²) in [5.74, 6) is 1.09. The van der Waals surface area contributed by atoms with Crippen molar-refractivity contribution in [3.05, 3.63) is 67.1 Å². The second kappa shape index (κ2) is 5.92. The molecule has 0 aliphatic carbocycles. The summed E-state index contributed by atoms with van der Waals surface area (Å²) in [5, 5.41) is 2.76. The molecule has 3 aromatic rings. The maximum Gasteiger partial charge on any atom is 0.248 e. The Morgan fingerprint density at radius 1 is 1.14 bits per heavy atom. The minimum atomic E-state index is -0.223. The Morgan fingerprint density at radius 3 is 2.67 bits per heavy atom. The number of anilines is 1. The molecule has 5 heteroatoms. The molecule has 21 heavy (non-hydrogen) atoms. The van der Waals surface area contributed by atoms with Crippen molar-refractivity contribution >= 4 is 17.7 Å². The zero-order valence-electron chi connectivity index (χ0n) is 11.0. The molecule has 2 heterocycles. The van der Waals surface area contributed by atoms with Crippen LogP contribution in [0, 0.1) is 0 Å². The Morgan fingerprint density at radius 2 is 2.00 bits per heavy atom. The van der Waals surface area contributed by atoms with E-state index in [9.17, 15) is 4.79 Å². The smallest absolute Gasteiger partial charge is 0.248 e. The third-order valence-electron chi connectivity index (χ3n) is 2.81. The number of oxazole rings is 1. The molecule has 0 spiro atoms. The van der Waals surface area contributed by atoms with Crippen molar-refractivity contribution in [3.8, 4) is 11.3 Å². The van der Waals surface area contributed by atoms with Crippen molar-refractivity contribution < 1.29 is 13.6 Å². The largest absolute Gasteiger partial charge is 0.465 e. The van der Waals surface area contributed by atoms with E-state index in [1.54, 1.807) is 42.8 Å². The number of nitrogens with zero attached hydrogens (tertiary/aromatic N) is 1. The molecule has 2 aromatic heterocycles. The Balaban J connectivity index is 1.64. The van der Waals surface area contributed by atoms with Gasteiger partial charge in [0, 0.05) is 17.3 Å². The molecule has 0 fully saturated rings. The molecule has 0 bridgehead atoms. The molecule has 1 amide bonds. The summed E-state index contributed by atoms with van der Waals surface area (Å²) in [7, 11) is 0. The van der Waals surface area contributed by atoms with E-state index in [0.717, 1.165) is 5.56 Å². The van der Waals surface area contributed by atoms with E-state index in [2.05, 4.69) is 10.3 Å². The first-order chi connectivity index (χ1) is 10.3. The number of rotatable bonds is 4. The molecule has 5 nitrogen and oxygen atoms in total. The third-order valence-corrected chi connectivity index (χ3v) is 2.81. The standard InChI is InChI=1S/C16H12N2O3/c19-16(8-7-14-2-1-9-20-14)18-13-5-3-12(4-6-13)15-10-17-11-21-15/h1-11H,(H,18,19). The molecule has 0 radical (unpaired) electrons. The highest BCUT2D eigenvalue weighted by Gasteiger charge is 2.02. The number of amides is 1. The summed E-state index contributed by atoms with van der Waals surface area (Å²) in [4.78, 5) is 15.6. The van der Waals surface area contributed by atoms with Gasteiger partial charge in [-0.2, -0.15) is 0 Å². The van der Waals surface area contributed by atoms with Crippen LogP contribution in [0.15, 0.2) is 70.2 Å². The SMILES string of the molecule is O=C(C=Cc1ccco1)Nc1ccc(-c2cnco2)cc1. The monoisotopic (exact) mass is 280 g/mol. The number of furan rings is 1. The quantitative estimate of drug-likeness (QED) is 0.741. The summed E-state index contributed by atoms with van der Waals surface area (Å²) in [5.41, 5.74) is 1.60. The van der Waals surface area contributed by atoms with E-state index < -0.39 is 0 Å². The average molecular weight is 280 g/mol. The molecular formula is C16H12N2O3. The van der Waals surface area contributed by atoms with Crippen LogP contribution in [-0.2, 0) is 4.79 Å². The first-order valence-electron chi connectivity index (χ1n) is 6.33. The van der Waals surface area contributed by atoms with Gasteiger partial charge in [0.25, 0.3) is 0 Å². The van der Waals surface area contributed by atoms with Crippen molar-refractivity contribution in [1.82, 2.24) is 4.98 Å². The van der Waals surface area contributed by atoms with E-state index in [1.165, 1.54) is 12.5 Å². The molecule has 0 unspecified atom stereocenters. The van der Waals surface area contributed by atoms with Crippen LogP contribution in [0.3, 0.4) is 0 Å². The van der Waals surface area contributed by atoms with Gasteiger partial charge in [-0.15, -0.1) is 0 Å². The van der Waals surface area contributed by atoms with Crippen molar-refractivity contribution in [2.24, 2.45) is 0 Å². The highest BCUT2D eigenvalue weighted by molar-refractivity contribution is 6.01. The van der Waals surface area contributed by atoms with Gasteiger partial charge in [0.15, 0.2) is 12.2 Å². The Hall–Kier alpha value is -3.08. The number of aromatic nitrogens is 1. The molecular weight excluding hydrogens is 268 g/mol. The zero-order chi connectivity index (χ0) is 14.5. The van der Waals surface area contributed by atoms with Gasteiger partial charge in [0.05, 0.1) is 12.5 Å². The minimum Gasteiger partial charge on any atom is -0.465 e. The van der Waals surface area contributed by atoms with Crippen LogP contribution in [0.2, 0.25) is 0 Å². The minimum absolute atomic E-state index is 0.223. The lowest BCUT2D eigenvalue weighted by Crippen LogP contribution is -2.07. The first kappa shape index (κ1) is 12.9. The fourth-order valence-corrected chi connectivity index (χ4v) is 1.80.